The number of nitrogens with zero attached hydrogens (tertiary/aromatic N) is 2. The molecule has 0 atom stereocenters. The zero-order valence-electron chi connectivity index (χ0n) is 20.6. The Morgan fingerprint density at radius 1 is 1.08 bits per heavy atom. The van der Waals surface area contributed by atoms with E-state index in [1.807, 2.05) is 24.3 Å². The second-order valence-corrected chi connectivity index (χ2v) is 10.9. The molecular formula is C30H32N4O2. The Morgan fingerprint density at radius 2 is 1.86 bits per heavy atom. The smallest absolute Gasteiger partial charge is 0.195 e. The van der Waals surface area contributed by atoms with Crippen molar-refractivity contribution < 1.29 is 9.53 Å². The number of anilines is 2. The SMILES string of the molecule is C#Cc1cc2c(cc1N1CCN(C3CCC3)CC1)C1(CCOCC1)c1[nH]c3cc(N)ccc3c1C2=O. The standard InChI is InChI=1S/C30H32N4O2/c1-2-19-16-23-24(18-26(19)34-12-10-33(11-13-34)21-4-3-5-21)30(8-14-36-15-9-30)29-27(28(23)35)22-7-6-20(31)17-25(22)32-29/h1,6-7,16-18,21,32H,3-5,8-15,31H2. The fourth-order valence-electron chi connectivity index (χ4n) is 6.95. The number of hydrogen-bond acceptors (Lipinski definition) is 5. The quantitative estimate of drug-likeness (QED) is 0.428. The first kappa shape index (κ1) is 22.0. The average molecular weight is 481 g/mol. The second kappa shape index (κ2) is 8.12. The highest BCUT2D eigenvalue weighted by Crippen LogP contribution is 2.50. The van der Waals surface area contributed by atoms with Crippen LogP contribution in [0, 0.1) is 12.3 Å². The molecule has 2 aliphatic carbocycles. The number of hydrogen-bond donors (Lipinski definition) is 2. The van der Waals surface area contributed by atoms with Crippen LogP contribution >= 0.6 is 0 Å². The number of benzene rings is 2. The van der Waals surface area contributed by atoms with E-state index in [0.29, 0.717) is 18.9 Å². The van der Waals surface area contributed by atoms with Crippen molar-refractivity contribution in [3.05, 3.63) is 58.3 Å². The van der Waals surface area contributed by atoms with Crippen LogP contribution in [-0.4, -0.2) is 61.1 Å². The van der Waals surface area contributed by atoms with Crippen molar-refractivity contribution in [2.75, 3.05) is 50.0 Å². The van der Waals surface area contributed by atoms with Gasteiger partial charge in [-0.05, 0) is 55.5 Å². The highest BCUT2D eigenvalue weighted by atomic mass is 16.5. The summed E-state index contributed by atoms with van der Waals surface area (Å²) < 4.78 is 5.82. The number of fused-ring (bicyclic) bond motifs is 6. The third kappa shape index (κ3) is 3.09. The predicted octanol–water partition coefficient (Wildman–Crippen LogP) is 4.05. The molecule has 0 amide bonds. The van der Waals surface area contributed by atoms with E-state index in [1.54, 1.807) is 0 Å². The van der Waals surface area contributed by atoms with E-state index >= 15 is 0 Å². The molecule has 7 rings (SSSR count). The molecule has 3 aromatic rings. The minimum absolute atomic E-state index is 0.0472. The summed E-state index contributed by atoms with van der Waals surface area (Å²) in [5.41, 5.74) is 12.9. The first-order valence-electron chi connectivity index (χ1n) is 13.3. The molecule has 6 heteroatoms. The normalized spacial score (nSPS) is 21.8. The molecule has 3 fully saturated rings. The Balaban J connectivity index is 1.36. The molecule has 2 aliphatic heterocycles. The van der Waals surface area contributed by atoms with E-state index in [2.05, 4.69) is 26.8 Å². The monoisotopic (exact) mass is 480 g/mol. The maximum atomic E-state index is 14.0. The summed E-state index contributed by atoms with van der Waals surface area (Å²) in [6.07, 6.45) is 11.7. The zero-order valence-corrected chi connectivity index (χ0v) is 20.6. The molecule has 0 unspecified atom stereocenters. The number of rotatable bonds is 2. The van der Waals surface area contributed by atoms with E-state index in [0.717, 1.165) is 89.6 Å². The highest BCUT2D eigenvalue weighted by Gasteiger charge is 2.47. The third-order valence-corrected chi connectivity index (χ3v) is 9.17. The first-order valence-corrected chi connectivity index (χ1v) is 13.3. The molecule has 6 nitrogen and oxygen atoms in total. The predicted molar refractivity (Wildman–Crippen MR) is 143 cm³/mol. The summed E-state index contributed by atoms with van der Waals surface area (Å²) in [7, 11) is 0. The maximum absolute atomic E-state index is 14.0. The Bertz CT molecular complexity index is 1410. The number of piperazine rings is 1. The fraction of sp³-hybridized carbons (Fsp3) is 0.433. The molecule has 2 aromatic carbocycles. The van der Waals surface area contributed by atoms with Crippen LogP contribution < -0.4 is 10.6 Å². The van der Waals surface area contributed by atoms with Gasteiger partial charge in [-0.3, -0.25) is 9.69 Å². The van der Waals surface area contributed by atoms with Gasteiger partial charge in [-0.15, -0.1) is 6.42 Å². The van der Waals surface area contributed by atoms with Crippen LogP contribution in [-0.2, 0) is 10.2 Å². The number of terminal acetylenes is 1. The van der Waals surface area contributed by atoms with Crippen LogP contribution in [0.25, 0.3) is 10.9 Å². The van der Waals surface area contributed by atoms with Crippen molar-refractivity contribution in [1.82, 2.24) is 9.88 Å². The van der Waals surface area contributed by atoms with Gasteiger partial charge in [0.2, 0.25) is 0 Å². The van der Waals surface area contributed by atoms with Crippen LogP contribution in [0.4, 0.5) is 11.4 Å². The fourth-order valence-corrected chi connectivity index (χ4v) is 6.95. The summed E-state index contributed by atoms with van der Waals surface area (Å²) in [5, 5.41) is 0.930. The number of nitrogens with two attached hydrogens (primary N) is 1. The van der Waals surface area contributed by atoms with Gasteiger partial charge < -0.3 is 20.4 Å². The number of ether oxygens (including phenoxy) is 1. The highest BCUT2D eigenvalue weighted by molar-refractivity contribution is 6.20. The Morgan fingerprint density at radius 3 is 2.56 bits per heavy atom. The minimum atomic E-state index is -0.305. The van der Waals surface area contributed by atoms with E-state index in [4.69, 9.17) is 16.9 Å². The van der Waals surface area contributed by atoms with Crippen molar-refractivity contribution >= 4 is 28.1 Å². The van der Waals surface area contributed by atoms with Crippen LogP contribution in [0.2, 0.25) is 0 Å². The molecule has 0 bridgehead atoms. The lowest BCUT2D eigenvalue weighted by Gasteiger charge is -2.45. The van der Waals surface area contributed by atoms with E-state index in [-0.39, 0.29) is 11.2 Å². The van der Waals surface area contributed by atoms with Crippen molar-refractivity contribution in [2.24, 2.45) is 0 Å². The topological polar surface area (TPSA) is 74.6 Å². The molecule has 2 saturated heterocycles. The van der Waals surface area contributed by atoms with Gasteiger partial charge in [0.05, 0.1) is 11.3 Å². The van der Waals surface area contributed by atoms with Gasteiger partial charge in [0.1, 0.15) is 0 Å². The molecule has 0 radical (unpaired) electrons. The van der Waals surface area contributed by atoms with Gasteiger partial charge in [0.15, 0.2) is 5.78 Å². The number of ketones is 1. The second-order valence-electron chi connectivity index (χ2n) is 10.9. The lowest BCUT2D eigenvalue weighted by Crippen LogP contribution is -2.52. The number of aromatic nitrogens is 1. The van der Waals surface area contributed by atoms with E-state index in [9.17, 15) is 4.79 Å². The number of nitrogen functional groups attached to an aromatic ring is 1. The van der Waals surface area contributed by atoms with Gasteiger partial charge in [0, 0.05) is 84.3 Å². The van der Waals surface area contributed by atoms with Crippen molar-refractivity contribution in [2.45, 2.75) is 43.6 Å². The molecular weight excluding hydrogens is 448 g/mol. The summed E-state index contributed by atoms with van der Waals surface area (Å²) in [5.74, 6) is 2.96. The Kier molecular flexibility index (Phi) is 4.96. The lowest BCUT2D eigenvalue weighted by atomic mass is 9.64. The van der Waals surface area contributed by atoms with Crippen LogP contribution in [0.3, 0.4) is 0 Å². The third-order valence-electron chi connectivity index (χ3n) is 9.17. The summed E-state index contributed by atoms with van der Waals surface area (Å²) in [6.45, 7) is 5.39. The first-order chi connectivity index (χ1) is 17.6. The average Bonchev–Trinajstić information content (AvgIpc) is 3.26. The molecule has 3 N–H and O–H groups in total. The number of carbonyl (C=O) groups excluding carboxylic acids is 1. The van der Waals surface area contributed by atoms with Gasteiger partial charge in [-0.25, -0.2) is 0 Å². The molecule has 184 valence electrons. The number of carbonyl (C=O) groups is 1. The van der Waals surface area contributed by atoms with Gasteiger partial charge >= 0.3 is 0 Å². The van der Waals surface area contributed by atoms with E-state index < -0.39 is 0 Å². The van der Waals surface area contributed by atoms with Gasteiger partial charge in [-0.1, -0.05) is 18.4 Å². The minimum Gasteiger partial charge on any atom is -0.399 e. The molecule has 36 heavy (non-hydrogen) atoms. The maximum Gasteiger partial charge on any atom is 0.195 e. The molecule has 1 spiro atoms. The number of aromatic amines is 1. The lowest BCUT2D eigenvalue weighted by molar-refractivity contribution is 0.0602. The zero-order chi connectivity index (χ0) is 24.4. The van der Waals surface area contributed by atoms with E-state index in [1.165, 1.54) is 19.3 Å². The van der Waals surface area contributed by atoms with Crippen molar-refractivity contribution in [3.8, 4) is 12.3 Å². The van der Waals surface area contributed by atoms with Gasteiger partial charge in [-0.2, -0.15) is 0 Å². The summed E-state index contributed by atoms with van der Waals surface area (Å²) in [4.78, 5) is 22.7. The Hall–Kier alpha value is -3.27. The van der Waals surface area contributed by atoms with Crippen molar-refractivity contribution in [1.29, 1.82) is 0 Å². The van der Waals surface area contributed by atoms with Crippen LogP contribution in [0.1, 0.15) is 64.8 Å². The molecule has 3 heterocycles. The molecule has 1 aromatic heterocycles. The summed E-state index contributed by atoms with van der Waals surface area (Å²) in [6, 6.07) is 10.8. The van der Waals surface area contributed by atoms with Crippen LogP contribution in [0.5, 0.6) is 0 Å². The Labute approximate surface area is 211 Å². The number of nitrogens with one attached hydrogen (secondary N) is 1. The largest absolute Gasteiger partial charge is 0.399 e. The van der Waals surface area contributed by atoms with Crippen LogP contribution in [0.15, 0.2) is 30.3 Å². The molecule has 1 saturated carbocycles. The number of H-pyrrole nitrogens is 1. The molecule has 4 aliphatic rings. The van der Waals surface area contributed by atoms with Crippen molar-refractivity contribution in [3.63, 3.8) is 0 Å². The van der Waals surface area contributed by atoms with Gasteiger partial charge in [0.25, 0.3) is 0 Å². The summed E-state index contributed by atoms with van der Waals surface area (Å²) >= 11 is 0.